The van der Waals surface area contributed by atoms with Crippen molar-refractivity contribution in [3.63, 3.8) is 0 Å². The molecule has 0 spiro atoms. The molecule has 0 saturated carbocycles. The van der Waals surface area contributed by atoms with Crippen LogP contribution in [0.1, 0.15) is 15.9 Å². The molecule has 0 aliphatic heterocycles. The molecule has 30 heavy (non-hydrogen) atoms. The summed E-state index contributed by atoms with van der Waals surface area (Å²) in [7, 11) is 1.55. The van der Waals surface area contributed by atoms with E-state index in [1.807, 2.05) is 0 Å². The predicted octanol–water partition coefficient (Wildman–Crippen LogP) is 4.52. The van der Waals surface area contributed by atoms with E-state index >= 15 is 0 Å². The third kappa shape index (κ3) is 3.82. The molecule has 6 nitrogen and oxygen atoms in total. The van der Waals surface area contributed by atoms with Crippen molar-refractivity contribution in [2.45, 2.75) is 6.18 Å². The van der Waals surface area contributed by atoms with E-state index in [-0.39, 0.29) is 11.9 Å². The number of hydrogen-bond acceptors (Lipinski definition) is 4. The number of pyridine rings is 1. The number of aromatic nitrogens is 3. The van der Waals surface area contributed by atoms with Gasteiger partial charge in [0.2, 0.25) is 5.95 Å². The number of rotatable bonds is 4. The van der Waals surface area contributed by atoms with Crippen molar-refractivity contribution in [2.75, 3.05) is 12.4 Å². The highest BCUT2D eigenvalue weighted by Crippen LogP contribution is 2.32. The molecule has 0 atom stereocenters. The van der Waals surface area contributed by atoms with Gasteiger partial charge >= 0.3 is 6.18 Å². The zero-order valence-corrected chi connectivity index (χ0v) is 15.7. The first-order valence-electron chi connectivity index (χ1n) is 8.98. The van der Waals surface area contributed by atoms with Gasteiger partial charge in [0, 0.05) is 23.9 Å². The Bertz CT molecular complexity index is 1220. The number of carbonyl (C=O) groups excluding carboxylic acids is 1. The van der Waals surface area contributed by atoms with Gasteiger partial charge in [0.05, 0.1) is 11.3 Å². The van der Waals surface area contributed by atoms with E-state index in [1.54, 1.807) is 55.6 Å². The van der Waals surface area contributed by atoms with Gasteiger partial charge in [0.15, 0.2) is 5.65 Å². The number of hydrogen-bond donors (Lipinski definition) is 2. The van der Waals surface area contributed by atoms with E-state index in [2.05, 4.69) is 20.7 Å². The van der Waals surface area contributed by atoms with Crippen molar-refractivity contribution in [1.29, 1.82) is 0 Å². The SMILES string of the molecule is CNC(=O)c1ccc(Nc2nc3cccc(-c4cccc(C(F)(F)F)c4)n3n2)cc1. The zero-order chi connectivity index (χ0) is 21.3. The number of alkyl halides is 3. The van der Waals surface area contributed by atoms with Crippen LogP contribution in [0.2, 0.25) is 0 Å². The van der Waals surface area contributed by atoms with E-state index in [0.29, 0.717) is 28.2 Å². The maximum Gasteiger partial charge on any atom is 0.416 e. The van der Waals surface area contributed by atoms with Crippen LogP contribution in [-0.2, 0) is 6.18 Å². The van der Waals surface area contributed by atoms with Crippen LogP contribution in [0, 0.1) is 0 Å². The standard InChI is InChI=1S/C21H16F3N5O/c1-25-19(30)13-8-10-16(11-9-13)26-20-27-18-7-3-6-17(29(18)28-20)14-4-2-5-15(12-14)21(22,23)24/h2-12H,1H3,(H,25,30)(H,26,28). The summed E-state index contributed by atoms with van der Waals surface area (Å²) >= 11 is 0. The summed E-state index contributed by atoms with van der Waals surface area (Å²) in [5.74, 6) is 0.0836. The summed E-state index contributed by atoms with van der Waals surface area (Å²) in [5, 5.41) is 9.97. The predicted molar refractivity (Wildman–Crippen MR) is 107 cm³/mol. The van der Waals surface area contributed by atoms with Gasteiger partial charge in [-0.05, 0) is 48.5 Å². The Kier molecular flexibility index (Phi) is 4.86. The van der Waals surface area contributed by atoms with Crippen LogP contribution in [-0.4, -0.2) is 27.6 Å². The summed E-state index contributed by atoms with van der Waals surface area (Å²) in [6.45, 7) is 0. The molecule has 4 aromatic rings. The molecule has 152 valence electrons. The first-order valence-corrected chi connectivity index (χ1v) is 8.98. The molecule has 0 bridgehead atoms. The first kappa shape index (κ1) is 19.4. The second-order valence-corrected chi connectivity index (χ2v) is 6.48. The van der Waals surface area contributed by atoms with Gasteiger partial charge in [0.1, 0.15) is 0 Å². The minimum atomic E-state index is -4.43. The molecule has 2 heterocycles. The second-order valence-electron chi connectivity index (χ2n) is 6.48. The summed E-state index contributed by atoms with van der Waals surface area (Å²) in [5.41, 5.74) is 1.79. The molecule has 0 aliphatic carbocycles. The zero-order valence-electron chi connectivity index (χ0n) is 15.7. The van der Waals surface area contributed by atoms with Gasteiger partial charge in [-0.15, -0.1) is 5.10 Å². The van der Waals surface area contributed by atoms with Gasteiger partial charge in [-0.25, -0.2) is 4.52 Å². The van der Waals surface area contributed by atoms with E-state index in [1.165, 1.54) is 10.6 Å². The minimum Gasteiger partial charge on any atom is -0.355 e. The Labute approximate surface area is 169 Å². The highest BCUT2D eigenvalue weighted by atomic mass is 19.4. The molecule has 0 saturated heterocycles. The number of fused-ring (bicyclic) bond motifs is 1. The number of carbonyl (C=O) groups is 1. The fourth-order valence-electron chi connectivity index (χ4n) is 3.01. The smallest absolute Gasteiger partial charge is 0.355 e. The Balaban J connectivity index is 1.67. The lowest BCUT2D eigenvalue weighted by Gasteiger charge is -2.09. The summed E-state index contributed by atoms with van der Waals surface area (Å²) in [6.07, 6.45) is -4.43. The minimum absolute atomic E-state index is 0.196. The quantitative estimate of drug-likeness (QED) is 0.518. The van der Waals surface area contributed by atoms with Crippen molar-refractivity contribution in [3.8, 4) is 11.3 Å². The highest BCUT2D eigenvalue weighted by molar-refractivity contribution is 5.94. The molecule has 2 aromatic carbocycles. The molecule has 2 aromatic heterocycles. The van der Waals surface area contributed by atoms with E-state index in [4.69, 9.17) is 0 Å². The van der Waals surface area contributed by atoms with Crippen molar-refractivity contribution in [2.24, 2.45) is 0 Å². The number of nitrogens with one attached hydrogen (secondary N) is 2. The van der Waals surface area contributed by atoms with E-state index < -0.39 is 11.7 Å². The fraction of sp³-hybridized carbons (Fsp3) is 0.0952. The Morgan fingerprint density at radius 2 is 1.73 bits per heavy atom. The van der Waals surface area contributed by atoms with Gasteiger partial charge in [0.25, 0.3) is 5.91 Å². The summed E-state index contributed by atoms with van der Waals surface area (Å²) < 4.78 is 40.7. The third-order valence-corrected chi connectivity index (χ3v) is 4.48. The topological polar surface area (TPSA) is 71.3 Å². The number of benzene rings is 2. The lowest BCUT2D eigenvalue weighted by Crippen LogP contribution is -2.17. The van der Waals surface area contributed by atoms with Crippen LogP contribution in [0.25, 0.3) is 16.9 Å². The van der Waals surface area contributed by atoms with Crippen molar-refractivity contribution >= 4 is 23.2 Å². The largest absolute Gasteiger partial charge is 0.416 e. The number of amides is 1. The van der Waals surface area contributed by atoms with Gasteiger partial charge in [-0.2, -0.15) is 18.2 Å². The van der Waals surface area contributed by atoms with E-state index in [9.17, 15) is 18.0 Å². The molecular weight excluding hydrogens is 395 g/mol. The number of nitrogens with zero attached hydrogens (tertiary/aromatic N) is 3. The van der Waals surface area contributed by atoms with Crippen LogP contribution in [0.3, 0.4) is 0 Å². The normalized spacial score (nSPS) is 11.5. The Morgan fingerprint density at radius 3 is 2.43 bits per heavy atom. The second kappa shape index (κ2) is 7.51. The molecular formula is C21H16F3N5O. The maximum absolute atomic E-state index is 13.1. The average molecular weight is 411 g/mol. The van der Waals surface area contributed by atoms with Crippen molar-refractivity contribution < 1.29 is 18.0 Å². The molecule has 9 heteroatoms. The molecule has 2 N–H and O–H groups in total. The lowest BCUT2D eigenvalue weighted by atomic mass is 10.1. The fourth-order valence-corrected chi connectivity index (χ4v) is 3.01. The van der Waals surface area contributed by atoms with Crippen molar-refractivity contribution in [3.05, 3.63) is 77.9 Å². The first-order chi connectivity index (χ1) is 14.3. The lowest BCUT2D eigenvalue weighted by molar-refractivity contribution is -0.137. The highest BCUT2D eigenvalue weighted by Gasteiger charge is 2.30. The van der Waals surface area contributed by atoms with Gasteiger partial charge in [-0.1, -0.05) is 18.2 Å². The third-order valence-electron chi connectivity index (χ3n) is 4.48. The van der Waals surface area contributed by atoms with Gasteiger partial charge < -0.3 is 10.6 Å². The molecule has 4 rings (SSSR count). The molecule has 0 fully saturated rings. The van der Waals surface area contributed by atoms with Gasteiger partial charge in [-0.3, -0.25) is 4.79 Å². The monoisotopic (exact) mass is 411 g/mol. The van der Waals surface area contributed by atoms with Crippen molar-refractivity contribution in [1.82, 2.24) is 19.9 Å². The van der Waals surface area contributed by atoms with Crippen LogP contribution in [0.5, 0.6) is 0 Å². The molecule has 1 amide bonds. The molecule has 0 radical (unpaired) electrons. The number of anilines is 2. The molecule has 0 aliphatic rings. The average Bonchev–Trinajstić information content (AvgIpc) is 3.15. The Hall–Kier alpha value is -3.88. The number of halogens is 3. The summed E-state index contributed by atoms with van der Waals surface area (Å²) in [4.78, 5) is 16.0. The van der Waals surface area contributed by atoms with E-state index in [0.717, 1.165) is 12.1 Å². The summed E-state index contributed by atoms with van der Waals surface area (Å²) in [6, 6.07) is 16.9. The van der Waals surface area contributed by atoms with Crippen LogP contribution < -0.4 is 10.6 Å². The van der Waals surface area contributed by atoms with Crippen LogP contribution in [0.15, 0.2) is 66.7 Å². The van der Waals surface area contributed by atoms with Crippen LogP contribution >= 0.6 is 0 Å². The van der Waals surface area contributed by atoms with Crippen LogP contribution in [0.4, 0.5) is 24.8 Å². The molecule has 0 unspecified atom stereocenters. The maximum atomic E-state index is 13.1. The Morgan fingerprint density at radius 1 is 1.00 bits per heavy atom.